The van der Waals surface area contributed by atoms with Crippen molar-refractivity contribution in [3.8, 4) is 0 Å². The Labute approximate surface area is 293 Å². The summed E-state index contributed by atoms with van der Waals surface area (Å²) in [6.07, 6.45) is 11.1. The number of hydrogen-bond donors (Lipinski definition) is 2. The molecule has 0 fully saturated rings. The summed E-state index contributed by atoms with van der Waals surface area (Å²) in [6.45, 7) is 38.9. The molecule has 0 amide bonds. The van der Waals surface area contributed by atoms with Gasteiger partial charge in [0.05, 0.1) is 0 Å². The van der Waals surface area contributed by atoms with Gasteiger partial charge in [0.25, 0.3) is 0 Å². The number of hydrogen-bond acceptors (Lipinski definition) is 2. The Bertz CT molecular complexity index is 1190. The second-order valence-corrected chi connectivity index (χ2v) is 19.8. The quantitative estimate of drug-likeness (QED) is 0.158. The molecule has 2 heteroatoms. The van der Waals surface area contributed by atoms with Gasteiger partial charge in [-0.05, 0) is 107 Å². The summed E-state index contributed by atoms with van der Waals surface area (Å²) in [5, 5.41) is 7.45. The first-order chi connectivity index (χ1) is 21.5. The number of allylic oxidation sites excluding steroid dienone is 2. The zero-order valence-electron chi connectivity index (χ0n) is 33.6. The van der Waals surface area contributed by atoms with E-state index in [-0.39, 0.29) is 27.1 Å². The summed E-state index contributed by atoms with van der Waals surface area (Å²) in [5.74, 6) is 1.84. The Morgan fingerprint density at radius 2 is 1.09 bits per heavy atom. The summed E-state index contributed by atoms with van der Waals surface area (Å²) in [7, 11) is 0. The van der Waals surface area contributed by atoms with Crippen LogP contribution in [-0.4, -0.2) is 13.1 Å². The molecule has 0 aromatic heterocycles. The van der Waals surface area contributed by atoms with Crippen LogP contribution in [0.2, 0.25) is 0 Å². The molecule has 2 aromatic rings. The highest BCUT2D eigenvalue weighted by Crippen LogP contribution is 2.51. The van der Waals surface area contributed by atoms with Crippen molar-refractivity contribution in [2.24, 2.45) is 50.2 Å². The van der Waals surface area contributed by atoms with Crippen molar-refractivity contribution in [1.29, 1.82) is 0 Å². The van der Waals surface area contributed by atoms with Crippen LogP contribution in [0.25, 0.3) is 0 Å². The number of benzene rings is 2. The molecule has 0 saturated carbocycles. The Morgan fingerprint density at radius 1 is 0.596 bits per heavy atom. The maximum atomic E-state index is 3.73. The van der Waals surface area contributed by atoms with Crippen LogP contribution in [0.4, 0.5) is 11.4 Å². The Morgan fingerprint density at radius 3 is 1.55 bits per heavy atom. The molecule has 2 N–H and O–H groups in total. The molecule has 0 heterocycles. The summed E-state index contributed by atoms with van der Waals surface area (Å²) in [6, 6.07) is 21.4. The Balaban J connectivity index is 2.07. The van der Waals surface area contributed by atoms with Gasteiger partial charge in [-0.15, -0.1) is 0 Å². The molecule has 2 nitrogen and oxygen atoms in total. The maximum absolute atomic E-state index is 3.73. The molecule has 0 aliphatic rings. The highest BCUT2D eigenvalue weighted by atomic mass is 14.9. The largest absolute Gasteiger partial charge is 0.385 e. The van der Waals surface area contributed by atoms with Gasteiger partial charge in [0.2, 0.25) is 0 Å². The molecule has 3 unspecified atom stereocenters. The third-order valence-corrected chi connectivity index (χ3v) is 12.1. The van der Waals surface area contributed by atoms with Gasteiger partial charge in [-0.25, -0.2) is 0 Å². The standard InChI is InChI=1S/C45H76N2/c1-35(33-46-37-23-18-16-19-24-37)39(41(5,6)7)32-45(14,15)43(10,11)29-22-28-42(8,9)44(12,13)30-27-36(31-40(2,3)4)34-47-38-25-20-17-21-26-38/h16-26,28,35-36,39,46-47H,27,29-34H2,1-15H3/b28-22+. The SMILES string of the molecule is CC(CNc1ccccc1)C(CC(C)(C)C(C)(C)C/C=C/C(C)(C)C(C)(C)CCC(CNc1ccccc1)CC(C)(C)C)C(C)(C)C. The van der Waals surface area contributed by atoms with E-state index >= 15 is 0 Å². The van der Waals surface area contributed by atoms with E-state index in [4.69, 9.17) is 0 Å². The lowest BCUT2D eigenvalue weighted by Gasteiger charge is -2.48. The van der Waals surface area contributed by atoms with E-state index in [1.165, 1.54) is 37.1 Å². The smallest absolute Gasteiger partial charge is 0.0340 e. The molecule has 3 atom stereocenters. The predicted molar refractivity (Wildman–Crippen MR) is 212 cm³/mol. The molecule has 0 aliphatic heterocycles. The van der Waals surface area contributed by atoms with Crippen molar-refractivity contribution in [3.63, 3.8) is 0 Å². The molecule has 47 heavy (non-hydrogen) atoms. The maximum Gasteiger partial charge on any atom is 0.0340 e. The second kappa shape index (κ2) is 16.5. The van der Waals surface area contributed by atoms with Crippen LogP contribution >= 0.6 is 0 Å². The van der Waals surface area contributed by atoms with Gasteiger partial charge in [-0.3, -0.25) is 0 Å². The Hall–Kier alpha value is -2.22. The van der Waals surface area contributed by atoms with Gasteiger partial charge >= 0.3 is 0 Å². The average molecular weight is 645 g/mol. The monoisotopic (exact) mass is 645 g/mol. The first kappa shape index (κ1) is 41.0. The number of rotatable bonds is 18. The predicted octanol–water partition coefficient (Wildman–Crippen LogP) is 13.8. The highest BCUT2D eigenvalue weighted by Gasteiger charge is 2.42. The third kappa shape index (κ3) is 13.3. The van der Waals surface area contributed by atoms with Crippen LogP contribution in [0.15, 0.2) is 72.8 Å². The first-order valence-corrected chi connectivity index (χ1v) is 18.7. The minimum atomic E-state index is 0.109. The lowest BCUT2D eigenvalue weighted by atomic mass is 9.57. The van der Waals surface area contributed by atoms with Crippen LogP contribution in [0.5, 0.6) is 0 Å². The van der Waals surface area contributed by atoms with E-state index in [0.717, 1.165) is 19.5 Å². The van der Waals surface area contributed by atoms with Crippen molar-refractivity contribution < 1.29 is 0 Å². The minimum absolute atomic E-state index is 0.109. The van der Waals surface area contributed by atoms with E-state index in [2.05, 4.69) is 187 Å². The van der Waals surface area contributed by atoms with E-state index < -0.39 is 0 Å². The highest BCUT2D eigenvalue weighted by molar-refractivity contribution is 5.43. The molecule has 0 saturated heterocycles. The van der Waals surface area contributed by atoms with E-state index in [0.29, 0.717) is 23.2 Å². The van der Waals surface area contributed by atoms with Crippen LogP contribution in [0, 0.1) is 50.2 Å². The van der Waals surface area contributed by atoms with Gasteiger partial charge in [-0.2, -0.15) is 0 Å². The number of anilines is 2. The van der Waals surface area contributed by atoms with Crippen LogP contribution < -0.4 is 10.6 Å². The van der Waals surface area contributed by atoms with E-state index in [9.17, 15) is 0 Å². The second-order valence-electron chi connectivity index (χ2n) is 19.8. The van der Waals surface area contributed by atoms with Gasteiger partial charge in [0, 0.05) is 24.5 Å². The first-order valence-electron chi connectivity index (χ1n) is 18.7. The summed E-state index contributed by atoms with van der Waals surface area (Å²) in [4.78, 5) is 0. The molecular weight excluding hydrogens is 569 g/mol. The topological polar surface area (TPSA) is 24.1 Å². The van der Waals surface area contributed by atoms with Crippen molar-refractivity contribution in [1.82, 2.24) is 0 Å². The fourth-order valence-electron chi connectivity index (χ4n) is 7.16. The van der Waals surface area contributed by atoms with Gasteiger partial charge in [0.1, 0.15) is 0 Å². The normalized spacial score (nSPS) is 15.8. The molecular formula is C45H76N2. The van der Waals surface area contributed by atoms with Crippen LogP contribution in [0.3, 0.4) is 0 Å². The molecule has 2 aromatic carbocycles. The van der Waals surface area contributed by atoms with Gasteiger partial charge < -0.3 is 10.6 Å². The summed E-state index contributed by atoms with van der Waals surface area (Å²) < 4.78 is 0. The molecule has 266 valence electrons. The molecule has 0 aliphatic carbocycles. The molecule has 2 rings (SSSR count). The molecule has 0 radical (unpaired) electrons. The lowest BCUT2D eigenvalue weighted by Crippen LogP contribution is -2.40. The Kier molecular flexibility index (Phi) is 14.3. The van der Waals surface area contributed by atoms with Crippen molar-refractivity contribution in [2.75, 3.05) is 23.7 Å². The van der Waals surface area contributed by atoms with Crippen molar-refractivity contribution >= 4 is 11.4 Å². The summed E-state index contributed by atoms with van der Waals surface area (Å²) >= 11 is 0. The van der Waals surface area contributed by atoms with Gasteiger partial charge in [-0.1, -0.05) is 152 Å². The molecule has 0 bridgehead atoms. The number of nitrogens with one attached hydrogen (secondary N) is 2. The third-order valence-electron chi connectivity index (χ3n) is 12.1. The van der Waals surface area contributed by atoms with Gasteiger partial charge in [0.15, 0.2) is 0 Å². The average Bonchev–Trinajstić information content (AvgIpc) is 2.95. The minimum Gasteiger partial charge on any atom is -0.385 e. The van der Waals surface area contributed by atoms with Crippen LogP contribution in [-0.2, 0) is 0 Å². The van der Waals surface area contributed by atoms with E-state index in [1.54, 1.807) is 0 Å². The van der Waals surface area contributed by atoms with Crippen LogP contribution in [0.1, 0.15) is 136 Å². The summed E-state index contributed by atoms with van der Waals surface area (Å²) in [5.41, 5.74) is 3.70. The number of para-hydroxylation sites is 2. The van der Waals surface area contributed by atoms with E-state index in [1.807, 2.05) is 0 Å². The van der Waals surface area contributed by atoms with Crippen molar-refractivity contribution in [2.45, 2.75) is 136 Å². The molecule has 0 spiro atoms. The zero-order chi connectivity index (χ0) is 35.7. The lowest BCUT2D eigenvalue weighted by molar-refractivity contribution is 0.0301. The fourth-order valence-corrected chi connectivity index (χ4v) is 7.16. The fraction of sp³-hybridized carbons (Fsp3) is 0.689. The zero-order valence-corrected chi connectivity index (χ0v) is 33.6. The van der Waals surface area contributed by atoms with Crippen molar-refractivity contribution in [3.05, 3.63) is 72.8 Å².